The van der Waals surface area contributed by atoms with Crippen LogP contribution in [0.2, 0.25) is 0 Å². The van der Waals surface area contributed by atoms with Gasteiger partial charge in [0.25, 0.3) is 0 Å². The van der Waals surface area contributed by atoms with Gasteiger partial charge in [-0.25, -0.2) is 4.68 Å². The summed E-state index contributed by atoms with van der Waals surface area (Å²) in [5, 5.41) is 15.2. The van der Waals surface area contributed by atoms with Crippen LogP contribution < -0.4 is 10.5 Å². The minimum absolute atomic E-state index is 0.158. The Morgan fingerprint density at radius 1 is 1.32 bits per heavy atom. The Morgan fingerprint density at radius 3 is 2.91 bits per heavy atom. The molecule has 8 nitrogen and oxygen atoms in total. The van der Waals surface area contributed by atoms with E-state index in [9.17, 15) is 0 Å². The summed E-state index contributed by atoms with van der Waals surface area (Å²) in [7, 11) is 0. The van der Waals surface area contributed by atoms with Crippen molar-refractivity contribution in [3.63, 3.8) is 0 Å². The van der Waals surface area contributed by atoms with E-state index in [1.54, 1.807) is 4.68 Å². The van der Waals surface area contributed by atoms with E-state index in [0.717, 1.165) is 25.1 Å². The number of para-hydroxylation sites is 1. The second-order valence-electron chi connectivity index (χ2n) is 4.63. The summed E-state index contributed by atoms with van der Waals surface area (Å²) in [6.07, 6.45) is 2.08. The van der Waals surface area contributed by atoms with Crippen LogP contribution in [-0.2, 0) is 18.0 Å². The van der Waals surface area contributed by atoms with Crippen molar-refractivity contribution >= 4 is 5.84 Å². The molecule has 118 valence electrons. The number of aryl methyl sites for hydroxylation is 1. The van der Waals surface area contributed by atoms with Crippen LogP contribution in [0, 0.1) is 0 Å². The second-order valence-corrected chi connectivity index (χ2v) is 4.63. The molecule has 0 amide bonds. The number of tetrazole rings is 1. The van der Waals surface area contributed by atoms with Gasteiger partial charge in [-0.05, 0) is 29.0 Å². The number of oxime groups is 1. The van der Waals surface area contributed by atoms with Crippen molar-refractivity contribution in [3.8, 4) is 5.75 Å². The van der Waals surface area contributed by atoms with E-state index in [2.05, 4.69) is 27.6 Å². The number of aromatic nitrogens is 4. The molecule has 1 aromatic carbocycles. The molecule has 1 heterocycles. The first-order valence-corrected chi connectivity index (χ1v) is 7.16. The smallest absolute Gasteiger partial charge is 0.191 e. The summed E-state index contributed by atoms with van der Waals surface area (Å²) in [4.78, 5) is 5.17. The number of rotatable bonds is 9. The molecule has 0 fully saturated rings. The van der Waals surface area contributed by atoms with Gasteiger partial charge in [-0.1, -0.05) is 36.7 Å². The summed E-state index contributed by atoms with van der Waals surface area (Å²) in [5.41, 5.74) is 5.72. The van der Waals surface area contributed by atoms with Crippen LogP contribution >= 0.6 is 0 Å². The van der Waals surface area contributed by atoms with Crippen molar-refractivity contribution < 1.29 is 9.57 Å². The third-order valence-corrected chi connectivity index (χ3v) is 2.83. The van der Waals surface area contributed by atoms with Crippen LogP contribution in [0.15, 0.2) is 35.5 Å². The van der Waals surface area contributed by atoms with E-state index in [4.69, 9.17) is 15.3 Å². The number of hydrogen-bond donors (Lipinski definition) is 1. The summed E-state index contributed by atoms with van der Waals surface area (Å²) in [5.74, 6) is 1.59. The Morgan fingerprint density at radius 2 is 2.14 bits per heavy atom. The van der Waals surface area contributed by atoms with Gasteiger partial charge in [0, 0.05) is 6.54 Å². The van der Waals surface area contributed by atoms with Gasteiger partial charge in [0.1, 0.15) is 12.4 Å². The van der Waals surface area contributed by atoms with E-state index in [1.165, 1.54) is 0 Å². The van der Waals surface area contributed by atoms with Crippen LogP contribution in [0.25, 0.3) is 0 Å². The van der Waals surface area contributed by atoms with Gasteiger partial charge < -0.3 is 15.3 Å². The van der Waals surface area contributed by atoms with Crippen molar-refractivity contribution in [3.05, 3.63) is 36.2 Å². The summed E-state index contributed by atoms with van der Waals surface area (Å²) < 4.78 is 7.16. The number of ether oxygens (including phenoxy) is 1. The lowest BCUT2D eigenvalue weighted by atomic mass is 10.3. The predicted octanol–water partition coefficient (Wildman–Crippen LogP) is 1.34. The van der Waals surface area contributed by atoms with Crippen LogP contribution in [0.4, 0.5) is 0 Å². The zero-order chi connectivity index (χ0) is 15.6. The molecule has 0 saturated heterocycles. The van der Waals surface area contributed by atoms with Gasteiger partial charge in [0.2, 0.25) is 0 Å². The molecular formula is C14H20N6O2. The van der Waals surface area contributed by atoms with Gasteiger partial charge in [-0.2, -0.15) is 0 Å². The van der Waals surface area contributed by atoms with E-state index in [1.807, 2.05) is 30.3 Å². The minimum Gasteiger partial charge on any atom is -0.486 e. The predicted molar refractivity (Wildman–Crippen MR) is 81.1 cm³/mol. The van der Waals surface area contributed by atoms with E-state index in [0.29, 0.717) is 5.82 Å². The van der Waals surface area contributed by atoms with E-state index < -0.39 is 0 Å². The van der Waals surface area contributed by atoms with Gasteiger partial charge in [-0.15, -0.1) is 5.10 Å². The zero-order valence-electron chi connectivity index (χ0n) is 12.6. The Hall–Kier alpha value is -2.64. The number of unbranched alkanes of at least 4 members (excludes halogenated alkanes) is 1. The maximum atomic E-state index is 5.72. The van der Waals surface area contributed by atoms with Gasteiger partial charge in [0.15, 0.2) is 18.3 Å². The molecule has 22 heavy (non-hydrogen) atoms. The highest BCUT2D eigenvalue weighted by Crippen LogP contribution is 2.07. The number of hydrogen-bond acceptors (Lipinski definition) is 6. The Bertz CT molecular complexity index is 584. The van der Waals surface area contributed by atoms with Gasteiger partial charge >= 0.3 is 0 Å². The first kappa shape index (κ1) is 15.7. The maximum absolute atomic E-state index is 5.72. The summed E-state index contributed by atoms with van der Waals surface area (Å²) in [6, 6.07) is 9.37. The molecule has 0 atom stereocenters. The molecule has 0 aliphatic heterocycles. The first-order chi connectivity index (χ1) is 10.8. The molecule has 2 aromatic rings. The highest BCUT2D eigenvalue weighted by molar-refractivity contribution is 5.81. The molecule has 0 unspecified atom stereocenters. The quantitative estimate of drug-likeness (QED) is 0.426. The molecule has 8 heteroatoms. The third-order valence-electron chi connectivity index (χ3n) is 2.83. The molecule has 0 saturated carbocycles. The second kappa shape index (κ2) is 8.60. The lowest BCUT2D eigenvalue weighted by molar-refractivity contribution is 0.119. The average molecular weight is 304 g/mol. The Kier molecular flexibility index (Phi) is 6.16. The third kappa shape index (κ3) is 5.04. The molecule has 1 aromatic heterocycles. The molecular weight excluding hydrogens is 284 g/mol. The number of amidine groups is 1. The molecule has 2 rings (SSSR count). The fourth-order valence-electron chi connectivity index (χ4n) is 1.68. The highest BCUT2D eigenvalue weighted by atomic mass is 16.6. The van der Waals surface area contributed by atoms with Gasteiger partial charge in [0.05, 0.1) is 0 Å². The van der Waals surface area contributed by atoms with Crippen molar-refractivity contribution in [2.75, 3.05) is 6.61 Å². The Balaban J connectivity index is 1.76. The van der Waals surface area contributed by atoms with Gasteiger partial charge in [-0.3, -0.25) is 0 Å². The topological polar surface area (TPSA) is 100 Å². The zero-order valence-corrected chi connectivity index (χ0v) is 12.6. The van der Waals surface area contributed by atoms with Crippen molar-refractivity contribution in [2.24, 2.45) is 10.9 Å². The standard InChI is InChI=1S/C14H20N6O2/c1-2-3-9-20-14(16-18-19-20)11-22-17-13(15)10-21-12-7-5-4-6-8-12/h4-8H,2-3,9-11H2,1H3,(H2,15,17). The number of benzene rings is 1. The number of nitrogens with zero attached hydrogens (tertiary/aromatic N) is 5. The van der Waals surface area contributed by atoms with Crippen LogP contribution in [0.1, 0.15) is 25.6 Å². The first-order valence-electron chi connectivity index (χ1n) is 7.16. The summed E-state index contributed by atoms with van der Waals surface area (Å²) in [6.45, 7) is 3.20. The van der Waals surface area contributed by atoms with Crippen LogP contribution in [0.5, 0.6) is 5.75 Å². The molecule has 0 spiro atoms. The summed E-state index contributed by atoms with van der Waals surface area (Å²) >= 11 is 0. The van der Waals surface area contributed by atoms with Crippen molar-refractivity contribution in [1.82, 2.24) is 20.2 Å². The SMILES string of the molecule is CCCCn1nnnc1CO/N=C(/N)COc1ccccc1. The fourth-order valence-corrected chi connectivity index (χ4v) is 1.68. The van der Waals surface area contributed by atoms with Crippen molar-refractivity contribution in [1.29, 1.82) is 0 Å². The fraction of sp³-hybridized carbons (Fsp3) is 0.429. The van der Waals surface area contributed by atoms with E-state index >= 15 is 0 Å². The van der Waals surface area contributed by atoms with Crippen molar-refractivity contribution in [2.45, 2.75) is 32.9 Å². The normalized spacial score (nSPS) is 11.4. The lowest BCUT2D eigenvalue weighted by Gasteiger charge is -2.05. The highest BCUT2D eigenvalue weighted by Gasteiger charge is 2.06. The lowest BCUT2D eigenvalue weighted by Crippen LogP contribution is -2.21. The average Bonchev–Trinajstić information content (AvgIpc) is 2.99. The monoisotopic (exact) mass is 304 g/mol. The largest absolute Gasteiger partial charge is 0.486 e. The molecule has 2 N–H and O–H groups in total. The number of nitrogens with two attached hydrogens (primary N) is 1. The molecule has 0 radical (unpaired) electrons. The molecule has 0 bridgehead atoms. The van der Waals surface area contributed by atoms with Crippen LogP contribution in [-0.4, -0.2) is 32.6 Å². The van der Waals surface area contributed by atoms with E-state index in [-0.39, 0.29) is 19.0 Å². The maximum Gasteiger partial charge on any atom is 0.191 e. The molecule has 0 aliphatic carbocycles. The minimum atomic E-state index is 0.158. The Labute approximate surface area is 128 Å². The molecule has 0 aliphatic rings. The van der Waals surface area contributed by atoms with Crippen LogP contribution in [0.3, 0.4) is 0 Å².